The van der Waals surface area contributed by atoms with Gasteiger partial charge in [-0.3, -0.25) is 0 Å². The Morgan fingerprint density at radius 1 is 1.50 bits per heavy atom. The molecule has 0 spiro atoms. The monoisotopic (exact) mass is 173 g/mol. The van der Waals surface area contributed by atoms with E-state index in [4.69, 9.17) is 5.11 Å². The predicted molar refractivity (Wildman–Crippen MR) is 55.3 cm³/mol. The number of aliphatic hydroxyl groups is 1. The molecule has 0 atom stereocenters. The second-order valence-electron chi connectivity index (χ2n) is 3.79. The standard InChI is InChI=1S/C6H12O.C4H11N/c1-4-6(2,3)5-7;1-4(2)5-3/h4,7H,1,5H2,2-3H3;4-5H,1-3H3. The lowest BCUT2D eigenvalue weighted by Gasteiger charge is -2.13. The average molecular weight is 173 g/mol. The van der Waals surface area contributed by atoms with Crippen LogP contribution < -0.4 is 5.32 Å². The molecule has 0 rings (SSSR count). The van der Waals surface area contributed by atoms with Crippen molar-refractivity contribution in [1.82, 2.24) is 5.32 Å². The van der Waals surface area contributed by atoms with E-state index < -0.39 is 0 Å². The molecule has 0 bridgehead atoms. The highest BCUT2D eigenvalue weighted by molar-refractivity contribution is 4.86. The van der Waals surface area contributed by atoms with Gasteiger partial charge in [-0.05, 0) is 7.05 Å². The van der Waals surface area contributed by atoms with E-state index in [1.54, 1.807) is 6.08 Å². The fourth-order valence-corrected chi connectivity index (χ4v) is 0.0645. The highest BCUT2D eigenvalue weighted by atomic mass is 16.3. The first-order valence-corrected chi connectivity index (χ1v) is 4.31. The summed E-state index contributed by atoms with van der Waals surface area (Å²) in [7, 11) is 1.95. The van der Waals surface area contributed by atoms with Gasteiger partial charge in [0, 0.05) is 11.5 Å². The van der Waals surface area contributed by atoms with Gasteiger partial charge in [-0.15, -0.1) is 6.58 Å². The molecule has 0 aliphatic rings. The van der Waals surface area contributed by atoms with E-state index in [1.165, 1.54) is 0 Å². The van der Waals surface area contributed by atoms with Gasteiger partial charge >= 0.3 is 0 Å². The molecule has 74 valence electrons. The Kier molecular flexibility index (Phi) is 8.66. The van der Waals surface area contributed by atoms with Gasteiger partial charge in [-0.1, -0.05) is 33.8 Å². The van der Waals surface area contributed by atoms with Crippen LogP contribution in [0.25, 0.3) is 0 Å². The molecule has 0 aromatic carbocycles. The lowest BCUT2D eigenvalue weighted by molar-refractivity contribution is 0.200. The van der Waals surface area contributed by atoms with Crippen molar-refractivity contribution in [2.75, 3.05) is 13.7 Å². The molecule has 0 heterocycles. The number of rotatable bonds is 3. The van der Waals surface area contributed by atoms with Gasteiger partial charge in [0.15, 0.2) is 0 Å². The molecule has 0 saturated carbocycles. The summed E-state index contributed by atoms with van der Waals surface area (Å²) in [4.78, 5) is 0. The van der Waals surface area contributed by atoms with Crippen molar-refractivity contribution in [3.63, 3.8) is 0 Å². The van der Waals surface area contributed by atoms with Crippen LogP contribution in [0.4, 0.5) is 0 Å². The number of hydrogen-bond donors (Lipinski definition) is 2. The Hall–Kier alpha value is -0.340. The molecule has 0 aromatic rings. The maximum absolute atomic E-state index is 8.52. The van der Waals surface area contributed by atoms with E-state index in [-0.39, 0.29) is 12.0 Å². The third kappa shape index (κ3) is 12.3. The third-order valence-corrected chi connectivity index (χ3v) is 1.54. The number of hydrogen-bond acceptors (Lipinski definition) is 2. The van der Waals surface area contributed by atoms with E-state index in [0.717, 1.165) is 0 Å². The SMILES string of the molecule is C=CC(C)(C)CO.CNC(C)C. The minimum absolute atomic E-state index is 0.0972. The number of nitrogens with one attached hydrogen (secondary N) is 1. The first kappa shape index (κ1) is 14.2. The first-order chi connectivity index (χ1) is 5.39. The van der Waals surface area contributed by atoms with E-state index in [1.807, 2.05) is 20.9 Å². The van der Waals surface area contributed by atoms with E-state index in [2.05, 4.69) is 25.7 Å². The van der Waals surface area contributed by atoms with Crippen LogP contribution >= 0.6 is 0 Å². The summed E-state index contributed by atoms with van der Waals surface area (Å²) in [6, 6.07) is 0.634. The Bertz CT molecular complexity index is 108. The van der Waals surface area contributed by atoms with Crippen LogP contribution in [0.5, 0.6) is 0 Å². The Morgan fingerprint density at radius 2 is 1.83 bits per heavy atom. The minimum atomic E-state index is -0.0972. The van der Waals surface area contributed by atoms with Crippen LogP contribution in [-0.2, 0) is 0 Å². The van der Waals surface area contributed by atoms with Crippen LogP contribution in [-0.4, -0.2) is 24.8 Å². The molecule has 2 nitrogen and oxygen atoms in total. The second-order valence-corrected chi connectivity index (χ2v) is 3.79. The Labute approximate surface area is 76.7 Å². The van der Waals surface area contributed by atoms with Gasteiger partial charge in [-0.25, -0.2) is 0 Å². The van der Waals surface area contributed by atoms with E-state index in [0.29, 0.717) is 6.04 Å². The largest absolute Gasteiger partial charge is 0.395 e. The summed E-state index contributed by atoms with van der Waals surface area (Å²) >= 11 is 0. The minimum Gasteiger partial charge on any atom is -0.395 e. The van der Waals surface area contributed by atoms with Crippen molar-refractivity contribution in [3.8, 4) is 0 Å². The highest BCUT2D eigenvalue weighted by Crippen LogP contribution is 2.12. The van der Waals surface area contributed by atoms with Gasteiger partial charge < -0.3 is 10.4 Å². The van der Waals surface area contributed by atoms with Gasteiger partial charge in [-0.2, -0.15) is 0 Å². The highest BCUT2D eigenvalue weighted by Gasteiger charge is 2.08. The summed E-state index contributed by atoms with van der Waals surface area (Å²) in [5.74, 6) is 0. The molecule has 2 N–H and O–H groups in total. The van der Waals surface area contributed by atoms with Crippen LogP contribution in [0, 0.1) is 5.41 Å². The van der Waals surface area contributed by atoms with E-state index >= 15 is 0 Å². The molecule has 0 radical (unpaired) electrons. The van der Waals surface area contributed by atoms with Crippen molar-refractivity contribution in [3.05, 3.63) is 12.7 Å². The zero-order valence-electron chi connectivity index (χ0n) is 9.02. The molecule has 0 fully saturated rings. The van der Waals surface area contributed by atoms with Gasteiger partial charge in [0.2, 0.25) is 0 Å². The first-order valence-electron chi connectivity index (χ1n) is 4.31. The van der Waals surface area contributed by atoms with Gasteiger partial charge in [0.25, 0.3) is 0 Å². The zero-order valence-corrected chi connectivity index (χ0v) is 9.02. The predicted octanol–water partition coefficient (Wildman–Crippen LogP) is 1.81. The van der Waals surface area contributed by atoms with Crippen molar-refractivity contribution in [1.29, 1.82) is 0 Å². The van der Waals surface area contributed by atoms with Crippen LogP contribution in [0.2, 0.25) is 0 Å². The third-order valence-electron chi connectivity index (χ3n) is 1.54. The molecule has 0 aliphatic carbocycles. The topological polar surface area (TPSA) is 32.3 Å². The van der Waals surface area contributed by atoms with Gasteiger partial charge in [0.1, 0.15) is 0 Å². The Morgan fingerprint density at radius 3 is 1.83 bits per heavy atom. The van der Waals surface area contributed by atoms with Crippen molar-refractivity contribution in [2.24, 2.45) is 5.41 Å². The molecule has 2 heteroatoms. The summed E-state index contributed by atoms with van der Waals surface area (Å²) in [6.45, 7) is 11.8. The zero-order chi connectivity index (χ0) is 10.2. The molecule has 0 amide bonds. The fourth-order valence-electron chi connectivity index (χ4n) is 0.0645. The second kappa shape index (κ2) is 7.32. The quantitative estimate of drug-likeness (QED) is 0.638. The molecule has 0 saturated heterocycles. The molecular formula is C10H23NO. The van der Waals surface area contributed by atoms with Crippen molar-refractivity contribution < 1.29 is 5.11 Å². The van der Waals surface area contributed by atoms with Crippen LogP contribution in [0.15, 0.2) is 12.7 Å². The summed E-state index contributed by atoms with van der Waals surface area (Å²) in [6.07, 6.45) is 1.74. The van der Waals surface area contributed by atoms with Crippen LogP contribution in [0.3, 0.4) is 0 Å². The Balaban J connectivity index is 0. The lowest BCUT2D eigenvalue weighted by atomic mass is 9.96. The molecule has 0 aromatic heterocycles. The maximum atomic E-state index is 8.52. The summed E-state index contributed by atoms with van der Waals surface area (Å²) in [5.41, 5.74) is -0.0972. The van der Waals surface area contributed by atoms with Crippen LogP contribution in [0.1, 0.15) is 27.7 Å². The smallest absolute Gasteiger partial charge is 0.0516 e. The maximum Gasteiger partial charge on any atom is 0.0516 e. The fraction of sp³-hybridized carbons (Fsp3) is 0.800. The summed E-state index contributed by atoms with van der Waals surface area (Å²) in [5, 5.41) is 11.6. The van der Waals surface area contributed by atoms with Gasteiger partial charge in [0.05, 0.1) is 6.61 Å². The lowest BCUT2D eigenvalue weighted by Crippen LogP contribution is -2.15. The average Bonchev–Trinajstić information content (AvgIpc) is 2.05. The molecule has 0 aliphatic heterocycles. The normalized spacial score (nSPS) is 10.6. The molecule has 0 unspecified atom stereocenters. The summed E-state index contributed by atoms with van der Waals surface area (Å²) < 4.78 is 0. The molecule has 12 heavy (non-hydrogen) atoms. The van der Waals surface area contributed by atoms with E-state index in [9.17, 15) is 0 Å². The number of aliphatic hydroxyl groups excluding tert-OH is 1. The van der Waals surface area contributed by atoms with Crippen molar-refractivity contribution >= 4 is 0 Å². The molecular weight excluding hydrogens is 150 g/mol. The van der Waals surface area contributed by atoms with Crippen molar-refractivity contribution in [2.45, 2.75) is 33.7 Å².